The zero-order valence-corrected chi connectivity index (χ0v) is 12.5. The van der Waals surface area contributed by atoms with Gasteiger partial charge in [0.25, 0.3) is 0 Å². The van der Waals surface area contributed by atoms with E-state index in [1.54, 1.807) is 6.26 Å². The van der Waals surface area contributed by atoms with Crippen molar-refractivity contribution >= 4 is 38.6 Å². The minimum absolute atomic E-state index is 0.168. The first-order chi connectivity index (χ1) is 9.15. The SMILES string of the molecule is CC(Cl)c1nc2ccc(Br)cc2n1Cc1ccon1. The summed E-state index contributed by atoms with van der Waals surface area (Å²) < 4.78 is 7.95. The second kappa shape index (κ2) is 4.98. The quantitative estimate of drug-likeness (QED) is 0.673. The number of benzene rings is 1. The van der Waals surface area contributed by atoms with Gasteiger partial charge in [0.2, 0.25) is 0 Å². The Labute approximate surface area is 123 Å². The Morgan fingerprint density at radius 1 is 1.42 bits per heavy atom. The van der Waals surface area contributed by atoms with Gasteiger partial charge < -0.3 is 9.09 Å². The monoisotopic (exact) mass is 339 g/mol. The molecule has 2 heterocycles. The third kappa shape index (κ3) is 2.40. The molecule has 1 atom stereocenters. The number of hydrogen-bond acceptors (Lipinski definition) is 3. The summed E-state index contributed by atoms with van der Waals surface area (Å²) >= 11 is 9.70. The molecule has 0 aliphatic rings. The van der Waals surface area contributed by atoms with Crippen LogP contribution in [0.4, 0.5) is 0 Å². The first-order valence-electron chi connectivity index (χ1n) is 5.84. The van der Waals surface area contributed by atoms with Crippen molar-refractivity contribution in [3.05, 3.63) is 46.5 Å². The Morgan fingerprint density at radius 3 is 2.95 bits per heavy atom. The molecule has 2 aromatic heterocycles. The molecule has 0 aliphatic carbocycles. The van der Waals surface area contributed by atoms with Crippen LogP contribution in [0.25, 0.3) is 11.0 Å². The predicted octanol–water partition coefficient (Wildman–Crippen LogP) is 4.13. The molecule has 1 unspecified atom stereocenters. The van der Waals surface area contributed by atoms with Gasteiger partial charge in [-0.05, 0) is 25.1 Å². The Kier molecular flexibility index (Phi) is 3.33. The molecule has 0 N–H and O–H groups in total. The number of rotatable bonds is 3. The Morgan fingerprint density at radius 2 is 2.26 bits per heavy atom. The molecule has 0 saturated heterocycles. The number of imidazole rings is 1. The minimum Gasteiger partial charge on any atom is -0.364 e. The summed E-state index contributed by atoms with van der Waals surface area (Å²) in [5.74, 6) is 0.831. The molecule has 1 aromatic carbocycles. The molecule has 0 amide bonds. The van der Waals surface area contributed by atoms with Crippen molar-refractivity contribution in [2.24, 2.45) is 0 Å². The first kappa shape index (κ1) is 12.7. The van der Waals surface area contributed by atoms with Crippen molar-refractivity contribution in [3.8, 4) is 0 Å². The molecular weight excluding hydrogens is 330 g/mol. The van der Waals surface area contributed by atoms with Crippen LogP contribution in [-0.4, -0.2) is 14.7 Å². The van der Waals surface area contributed by atoms with Gasteiger partial charge in [-0.1, -0.05) is 21.1 Å². The lowest BCUT2D eigenvalue weighted by molar-refractivity contribution is 0.409. The summed E-state index contributed by atoms with van der Waals surface area (Å²) in [4.78, 5) is 4.59. The number of halogens is 2. The lowest BCUT2D eigenvalue weighted by atomic mass is 10.3. The second-order valence-electron chi connectivity index (χ2n) is 4.30. The Hall–Kier alpha value is -1.33. The lowest BCUT2D eigenvalue weighted by Gasteiger charge is -2.08. The molecule has 0 bridgehead atoms. The molecule has 0 fully saturated rings. The van der Waals surface area contributed by atoms with E-state index in [1.165, 1.54) is 0 Å². The van der Waals surface area contributed by atoms with Crippen molar-refractivity contribution in [1.29, 1.82) is 0 Å². The summed E-state index contributed by atoms with van der Waals surface area (Å²) in [7, 11) is 0. The normalized spacial score (nSPS) is 13.0. The number of nitrogens with zero attached hydrogens (tertiary/aromatic N) is 3. The molecule has 0 aliphatic heterocycles. The van der Waals surface area contributed by atoms with Crippen LogP contribution in [0.1, 0.15) is 23.8 Å². The maximum Gasteiger partial charge on any atom is 0.128 e. The summed E-state index contributed by atoms with van der Waals surface area (Å²) in [5, 5.41) is 3.77. The van der Waals surface area contributed by atoms with Gasteiger partial charge in [0.05, 0.1) is 23.0 Å². The number of fused-ring (bicyclic) bond motifs is 1. The van der Waals surface area contributed by atoms with E-state index in [0.29, 0.717) is 6.54 Å². The lowest BCUT2D eigenvalue weighted by Crippen LogP contribution is -2.06. The second-order valence-corrected chi connectivity index (χ2v) is 5.87. The molecule has 0 radical (unpaired) electrons. The number of aromatic nitrogens is 3. The smallest absolute Gasteiger partial charge is 0.128 e. The maximum absolute atomic E-state index is 6.22. The first-order valence-corrected chi connectivity index (χ1v) is 7.07. The minimum atomic E-state index is -0.168. The molecule has 0 saturated carbocycles. The van der Waals surface area contributed by atoms with E-state index in [-0.39, 0.29) is 5.38 Å². The zero-order valence-electron chi connectivity index (χ0n) is 10.2. The van der Waals surface area contributed by atoms with Crippen LogP contribution in [0, 0.1) is 0 Å². The van der Waals surface area contributed by atoms with Crippen LogP contribution in [0.5, 0.6) is 0 Å². The molecule has 0 spiro atoms. The van der Waals surface area contributed by atoms with Crippen LogP contribution in [0.3, 0.4) is 0 Å². The van der Waals surface area contributed by atoms with Crippen molar-refractivity contribution in [2.75, 3.05) is 0 Å². The maximum atomic E-state index is 6.22. The van der Waals surface area contributed by atoms with E-state index in [1.807, 2.05) is 31.2 Å². The van der Waals surface area contributed by atoms with Crippen molar-refractivity contribution in [1.82, 2.24) is 14.7 Å². The van der Waals surface area contributed by atoms with Gasteiger partial charge >= 0.3 is 0 Å². The average Bonchev–Trinajstić information content (AvgIpc) is 2.98. The van der Waals surface area contributed by atoms with Gasteiger partial charge in [0.1, 0.15) is 17.8 Å². The van der Waals surface area contributed by atoms with E-state index < -0.39 is 0 Å². The van der Waals surface area contributed by atoms with Gasteiger partial charge in [-0.3, -0.25) is 0 Å². The van der Waals surface area contributed by atoms with Crippen LogP contribution in [-0.2, 0) is 6.54 Å². The molecule has 19 heavy (non-hydrogen) atoms. The average molecular weight is 341 g/mol. The molecule has 3 rings (SSSR count). The molecule has 98 valence electrons. The third-order valence-corrected chi connectivity index (χ3v) is 3.60. The van der Waals surface area contributed by atoms with Gasteiger partial charge in [-0.25, -0.2) is 4.98 Å². The van der Waals surface area contributed by atoms with Gasteiger partial charge in [0, 0.05) is 10.5 Å². The standard InChI is InChI=1S/C13H11BrClN3O/c1-8(15)13-16-11-3-2-9(14)6-12(11)18(13)7-10-4-5-19-17-10/h2-6,8H,7H2,1H3. The van der Waals surface area contributed by atoms with E-state index in [0.717, 1.165) is 27.0 Å². The van der Waals surface area contributed by atoms with E-state index in [4.69, 9.17) is 16.1 Å². The highest BCUT2D eigenvalue weighted by Crippen LogP contribution is 2.27. The Balaban J connectivity index is 2.18. The predicted molar refractivity (Wildman–Crippen MR) is 77.3 cm³/mol. The molecular formula is C13H11BrClN3O. The van der Waals surface area contributed by atoms with Crippen LogP contribution in [0.15, 0.2) is 39.5 Å². The summed E-state index contributed by atoms with van der Waals surface area (Å²) in [5.41, 5.74) is 2.80. The zero-order chi connectivity index (χ0) is 13.4. The molecule has 4 nitrogen and oxygen atoms in total. The van der Waals surface area contributed by atoms with Crippen LogP contribution < -0.4 is 0 Å². The van der Waals surface area contributed by atoms with Crippen molar-refractivity contribution in [2.45, 2.75) is 18.8 Å². The molecule has 6 heteroatoms. The van der Waals surface area contributed by atoms with Crippen LogP contribution >= 0.6 is 27.5 Å². The number of alkyl halides is 1. The van der Waals surface area contributed by atoms with Crippen LogP contribution in [0.2, 0.25) is 0 Å². The fourth-order valence-electron chi connectivity index (χ4n) is 2.07. The van der Waals surface area contributed by atoms with E-state index in [2.05, 4.69) is 30.6 Å². The van der Waals surface area contributed by atoms with Gasteiger partial charge in [0.15, 0.2) is 0 Å². The Bertz CT molecular complexity index is 706. The highest BCUT2D eigenvalue weighted by atomic mass is 79.9. The highest BCUT2D eigenvalue weighted by molar-refractivity contribution is 9.10. The summed E-state index contributed by atoms with van der Waals surface area (Å²) in [6.45, 7) is 2.51. The third-order valence-electron chi connectivity index (χ3n) is 2.91. The fraction of sp³-hybridized carbons (Fsp3) is 0.231. The van der Waals surface area contributed by atoms with Crippen molar-refractivity contribution in [3.63, 3.8) is 0 Å². The van der Waals surface area contributed by atoms with Gasteiger partial charge in [-0.15, -0.1) is 11.6 Å². The molecule has 3 aromatic rings. The fourth-order valence-corrected chi connectivity index (χ4v) is 2.58. The summed E-state index contributed by atoms with van der Waals surface area (Å²) in [6.07, 6.45) is 1.56. The summed E-state index contributed by atoms with van der Waals surface area (Å²) in [6, 6.07) is 7.82. The van der Waals surface area contributed by atoms with Gasteiger partial charge in [-0.2, -0.15) is 0 Å². The topological polar surface area (TPSA) is 43.9 Å². The van der Waals surface area contributed by atoms with E-state index >= 15 is 0 Å². The number of hydrogen-bond donors (Lipinski definition) is 0. The highest BCUT2D eigenvalue weighted by Gasteiger charge is 2.16. The van der Waals surface area contributed by atoms with E-state index in [9.17, 15) is 0 Å². The van der Waals surface area contributed by atoms with Crippen molar-refractivity contribution < 1.29 is 4.52 Å². The largest absolute Gasteiger partial charge is 0.364 e.